The number of amides is 1. The molecule has 0 aliphatic rings. The predicted octanol–water partition coefficient (Wildman–Crippen LogP) is 2.95. The van der Waals surface area contributed by atoms with E-state index < -0.39 is 0 Å². The number of carbonyl (C=O) groups excluding carboxylic acids is 1. The minimum Gasteiger partial charge on any atom is -0.359 e. The van der Waals surface area contributed by atoms with Gasteiger partial charge in [0.2, 0.25) is 0 Å². The molecule has 3 aromatic rings. The van der Waals surface area contributed by atoms with E-state index in [4.69, 9.17) is 0 Å². The zero-order valence-corrected chi connectivity index (χ0v) is 9.85. The molecule has 2 aromatic heterocycles. The highest BCUT2D eigenvalue weighted by atomic mass is 19.1. The van der Waals surface area contributed by atoms with E-state index in [1.807, 2.05) is 6.07 Å². The summed E-state index contributed by atoms with van der Waals surface area (Å²) in [6.45, 7) is 0. The summed E-state index contributed by atoms with van der Waals surface area (Å²) in [7, 11) is 0. The third kappa shape index (κ3) is 2.18. The second-order valence-corrected chi connectivity index (χ2v) is 4.06. The van der Waals surface area contributed by atoms with Crippen LogP contribution in [0.15, 0.2) is 48.8 Å². The molecule has 2 N–H and O–H groups in total. The number of benzene rings is 1. The Morgan fingerprint density at radius 2 is 2.00 bits per heavy atom. The summed E-state index contributed by atoms with van der Waals surface area (Å²) in [5.74, 6) is -0.622. The van der Waals surface area contributed by atoms with Crippen LogP contribution in [0.25, 0.3) is 11.0 Å². The molecule has 0 bridgehead atoms. The lowest BCUT2D eigenvalue weighted by molar-refractivity contribution is 0.102. The molecule has 0 aliphatic heterocycles. The van der Waals surface area contributed by atoms with Crippen molar-refractivity contribution in [2.45, 2.75) is 0 Å². The van der Waals surface area contributed by atoms with Crippen LogP contribution in [0.2, 0.25) is 0 Å². The van der Waals surface area contributed by atoms with Crippen LogP contribution in [0, 0.1) is 5.82 Å². The second kappa shape index (κ2) is 4.53. The number of aromatic nitrogens is 2. The van der Waals surface area contributed by atoms with Gasteiger partial charge in [0, 0.05) is 18.1 Å². The van der Waals surface area contributed by atoms with Crippen molar-refractivity contribution in [3.05, 3.63) is 60.2 Å². The number of hydrogen-bond acceptors (Lipinski definition) is 2. The van der Waals surface area contributed by atoms with Gasteiger partial charge in [-0.15, -0.1) is 0 Å². The number of anilines is 1. The Bertz CT molecular complexity index is 734. The minimum absolute atomic E-state index is 0.281. The first-order valence-corrected chi connectivity index (χ1v) is 5.73. The van der Waals surface area contributed by atoms with Crippen molar-refractivity contribution in [3.63, 3.8) is 0 Å². The lowest BCUT2D eigenvalue weighted by Gasteiger charge is -2.03. The van der Waals surface area contributed by atoms with Crippen molar-refractivity contribution in [1.29, 1.82) is 0 Å². The van der Waals surface area contributed by atoms with E-state index in [9.17, 15) is 9.18 Å². The van der Waals surface area contributed by atoms with Crippen molar-refractivity contribution in [2.24, 2.45) is 0 Å². The van der Waals surface area contributed by atoms with Gasteiger partial charge in [0.25, 0.3) is 5.91 Å². The van der Waals surface area contributed by atoms with E-state index >= 15 is 0 Å². The maximum atomic E-state index is 12.8. The van der Waals surface area contributed by atoms with Gasteiger partial charge in [-0.3, -0.25) is 9.78 Å². The van der Waals surface area contributed by atoms with E-state index in [0.717, 1.165) is 5.52 Å². The minimum atomic E-state index is -0.341. The monoisotopic (exact) mass is 255 g/mol. The summed E-state index contributed by atoms with van der Waals surface area (Å²) >= 11 is 0. The first-order chi connectivity index (χ1) is 9.24. The van der Waals surface area contributed by atoms with Crippen LogP contribution in [-0.4, -0.2) is 15.9 Å². The van der Waals surface area contributed by atoms with E-state index in [1.54, 1.807) is 18.5 Å². The van der Waals surface area contributed by atoms with Gasteiger partial charge in [-0.2, -0.15) is 0 Å². The number of fused-ring (bicyclic) bond motifs is 1. The number of nitrogens with one attached hydrogen (secondary N) is 2. The van der Waals surface area contributed by atoms with Gasteiger partial charge >= 0.3 is 0 Å². The zero-order chi connectivity index (χ0) is 13.2. The molecule has 0 spiro atoms. The fraction of sp³-hybridized carbons (Fsp3) is 0. The first kappa shape index (κ1) is 11.4. The maximum absolute atomic E-state index is 12.8. The number of hydrogen-bond donors (Lipinski definition) is 2. The lowest BCUT2D eigenvalue weighted by Crippen LogP contribution is -2.11. The Hall–Kier alpha value is -2.69. The number of H-pyrrole nitrogens is 1. The van der Waals surface area contributed by atoms with Crippen LogP contribution < -0.4 is 5.32 Å². The molecule has 1 aromatic carbocycles. The Morgan fingerprint density at radius 3 is 2.79 bits per heavy atom. The number of nitrogens with zero attached hydrogens (tertiary/aromatic N) is 1. The van der Waals surface area contributed by atoms with E-state index in [-0.39, 0.29) is 11.7 Å². The molecule has 0 saturated carbocycles. The molecule has 2 heterocycles. The third-order valence-corrected chi connectivity index (χ3v) is 2.78. The third-order valence-electron chi connectivity index (χ3n) is 2.78. The molecule has 0 radical (unpaired) electrons. The van der Waals surface area contributed by atoms with Gasteiger partial charge in [0.1, 0.15) is 11.3 Å². The SMILES string of the molecule is O=C(Nc1ccc(F)cc1)c1c[nH]c2cccnc12. The molecule has 94 valence electrons. The van der Waals surface area contributed by atoms with Crippen LogP contribution in [-0.2, 0) is 0 Å². The Morgan fingerprint density at radius 1 is 1.21 bits per heavy atom. The summed E-state index contributed by atoms with van der Waals surface area (Å²) in [6, 6.07) is 9.24. The lowest BCUT2D eigenvalue weighted by atomic mass is 10.2. The highest BCUT2D eigenvalue weighted by Crippen LogP contribution is 2.17. The van der Waals surface area contributed by atoms with Crippen molar-refractivity contribution in [3.8, 4) is 0 Å². The number of aromatic amines is 1. The fourth-order valence-corrected chi connectivity index (χ4v) is 1.86. The molecular weight excluding hydrogens is 245 g/mol. The largest absolute Gasteiger partial charge is 0.359 e. The molecule has 0 atom stereocenters. The van der Waals surface area contributed by atoms with E-state index in [2.05, 4.69) is 15.3 Å². The molecule has 1 amide bonds. The van der Waals surface area contributed by atoms with E-state index in [0.29, 0.717) is 16.8 Å². The normalized spacial score (nSPS) is 10.6. The topological polar surface area (TPSA) is 57.8 Å². The summed E-state index contributed by atoms with van der Waals surface area (Å²) in [6.07, 6.45) is 3.24. The summed E-state index contributed by atoms with van der Waals surface area (Å²) in [4.78, 5) is 19.3. The number of carbonyl (C=O) groups is 1. The average Bonchev–Trinajstić information content (AvgIpc) is 2.85. The van der Waals surface area contributed by atoms with E-state index in [1.165, 1.54) is 24.3 Å². The van der Waals surface area contributed by atoms with Gasteiger partial charge in [-0.1, -0.05) is 0 Å². The van der Waals surface area contributed by atoms with Crippen LogP contribution in [0.1, 0.15) is 10.4 Å². The molecule has 0 saturated heterocycles. The second-order valence-electron chi connectivity index (χ2n) is 4.06. The number of halogens is 1. The molecule has 0 unspecified atom stereocenters. The smallest absolute Gasteiger partial charge is 0.259 e. The van der Waals surface area contributed by atoms with Gasteiger partial charge in [0.15, 0.2) is 0 Å². The molecule has 0 fully saturated rings. The Labute approximate surface area is 108 Å². The van der Waals surface area contributed by atoms with Gasteiger partial charge in [0.05, 0.1) is 11.1 Å². The summed E-state index contributed by atoms with van der Waals surface area (Å²) in [5, 5.41) is 2.70. The highest BCUT2D eigenvalue weighted by Gasteiger charge is 2.12. The quantitative estimate of drug-likeness (QED) is 0.739. The van der Waals surface area contributed by atoms with Crippen LogP contribution in [0.4, 0.5) is 10.1 Å². The van der Waals surface area contributed by atoms with Crippen LogP contribution >= 0.6 is 0 Å². The van der Waals surface area contributed by atoms with Gasteiger partial charge in [-0.05, 0) is 36.4 Å². The molecule has 0 aliphatic carbocycles. The van der Waals surface area contributed by atoms with Crippen molar-refractivity contribution in [1.82, 2.24) is 9.97 Å². The predicted molar refractivity (Wildman–Crippen MR) is 70.4 cm³/mol. The fourth-order valence-electron chi connectivity index (χ4n) is 1.86. The molecule has 4 nitrogen and oxygen atoms in total. The first-order valence-electron chi connectivity index (χ1n) is 5.73. The van der Waals surface area contributed by atoms with Crippen molar-refractivity contribution >= 4 is 22.6 Å². The summed E-state index contributed by atoms with van der Waals surface area (Å²) in [5.41, 5.74) is 2.41. The zero-order valence-electron chi connectivity index (χ0n) is 9.85. The van der Waals surface area contributed by atoms with Crippen molar-refractivity contribution in [2.75, 3.05) is 5.32 Å². The molecule has 19 heavy (non-hydrogen) atoms. The molecule has 3 rings (SSSR count). The maximum Gasteiger partial charge on any atom is 0.259 e. The Kier molecular flexibility index (Phi) is 2.72. The molecule has 5 heteroatoms. The van der Waals surface area contributed by atoms with Gasteiger partial charge in [-0.25, -0.2) is 4.39 Å². The number of pyridine rings is 1. The highest BCUT2D eigenvalue weighted by molar-refractivity contribution is 6.11. The average molecular weight is 255 g/mol. The standard InChI is InChI=1S/C14H10FN3O/c15-9-3-5-10(6-4-9)18-14(19)11-8-17-12-2-1-7-16-13(11)12/h1-8,17H,(H,18,19). The van der Waals surface area contributed by atoms with Gasteiger partial charge < -0.3 is 10.3 Å². The molecular formula is C14H10FN3O. The summed E-state index contributed by atoms with van der Waals surface area (Å²) < 4.78 is 12.8. The van der Waals surface area contributed by atoms with Crippen molar-refractivity contribution < 1.29 is 9.18 Å². The van der Waals surface area contributed by atoms with Crippen LogP contribution in [0.5, 0.6) is 0 Å². The number of rotatable bonds is 2. The Balaban J connectivity index is 1.90. The van der Waals surface area contributed by atoms with Crippen LogP contribution in [0.3, 0.4) is 0 Å².